The van der Waals surface area contributed by atoms with Gasteiger partial charge in [0.15, 0.2) is 0 Å². The second kappa shape index (κ2) is 6.55. The molecule has 0 radical (unpaired) electrons. The third-order valence-electron chi connectivity index (χ3n) is 4.93. The Balaban J connectivity index is 1.45. The first-order valence-electron chi connectivity index (χ1n) is 8.78. The molecule has 1 amide bonds. The number of ether oxygens (including phenoxy) is 1. The van der Waals surface area contributed by atoms with Crippen LogP contribution < -0.4 is 4.90 Å². The molecule has 0 aliphatic carbocycles. The maximum Gasteiger partial charge on any atom is 0.410 e. The van der Waals surface area contributed by atoms with Crippen molar-refractivity contribution in [1.82, 2.24) is 14.9 Å². The molecule has 1 aromatic carbocycles. The van der Waals surface area contributed by atoms with Crippen LogP contribution >= 0.6 is 0 Å². The summed E-state index contributed by atoms with van der Waals surface area (Å²) in [5, 5.41) is 0. The summed E-state index contributed by atoms with van der Waals surface area (Å²) in [6.07, 6.45) is 0.224. The SMILES string of the molecule is Cc1cc(C)nc(N2C[C@@H]3OC(=O)N(CCc4ccc(F)cc4)[C@@H]3C2)n1. The van der Waals surface area contributed by atoms with Gasteiger partial charge in [0.1, 0.15) is 11.9 Å². The Morgan fingerprint density at radius 2 is 1.85 bits per heavy atom. The van der Waals surface area contributed by atoms with Gasteiger partial charge in [0, 0.05) is 24.5 Å². The molecule has 2 aromatic rings. The van der Waals surface area contributed by atoms with Crippen LogP contribution in [0.1, 0.15) is 17.0 Å². The summed E-state index contributed by atoms with van der Waals surface area (Å²) in [6.45, 7) is 5.70. The fraction of sp³-hybridized carbons (Fsp3) is 0.421. The number of aryl methyl sites for hydroxylation is 2. The normalized spacial score (nSPS) is 21.9. The van der Waals surface area contributed by atoms with Gasteiger partial charge in [-0.2, -0.15) is 0 Å². The number of anilines is 1. The van der Waals surface area contributed by atoms with Crippen molar-refractivity contribution in [1.29, 1.82) is 0 Å². The minimum absolute atomic E-state index is 0.00707. The van der Waals surface area contributed by atoms with Crippen LogP contribution in [0.5, 0.6) is 0 Å². The lowest BCUT2D eigenvalue weighted by Gasteiger charge is -2.22. The average Bonchev–Trinajstić information content (AvgIpc) is 3.11. The van der Waals surface area contributed by atoms with E-state index in [9.17, 15) is 9.18 Å². The van der Waals surface area contributed by atoms with Crippen molar-refractivity contribution in [3.8, 4) is 0 Å². The lowest BCUT2D eigenvalue weighted by molar-refractivity contribution is 0.136. The Bertz CT molecular complexity index is 807. The Morgan fingerprint density at radius 1 is 1.15 bits per heavy atom. The Kier molecular flexibility index (Phi) is 4.22. The maximum absolute atomic E-state index is 13.0. The van der Waals surface area contributed by atoms with Crippen LogP contribution in [-0.2, 0) is 11.2 Å². The topological polar surface area (TPSA) is 58.6 Å². The van der Waals surface area contributed by atoms with E-state index in [1.807, 2.05) is 19.9 Å². The van der Waals surface area contributed by atoms with Crippen LogP contribution in [-0.4, -0.2) is 52.7 Å². The van der Waals surface area contributed by atoms with Crippen molar-refractivity contribution in [3.63, 3.8) is 0 Å². The van der Waals surface area contributed by atoms with Crippen molar-refractivity contribution in [2.24, 2.45) is 0 Å². The van der Waals surface area contributed by atoms with E-state index in [2.05, 4.69) is 14.9 Å². The monoisotopic (exact) mass is 356 g/mol. The van der Waals surface area contributed by atoms with Gasteiger partial charge in [0.2, 0.25) is 5.95 Å². The standard InChI is InChI=1S/C19H21FN4O2/c1-12-9-13(2)22-18(21-12)23-10-16-17(11-23)26-19(25)24(16)8-7-14-3-5-15(20)6-4-14/h3-6,9,16-17H,7-8,10-11H2,1-2H3/t16-,17+/m1/s1. The first-order valence-corrected chi connectivity index (χ1v) is 8.78. The molecule has 0 unspecified atom stereocenters. The molecule has 1 aromatic heterocycles. The van der Waals surface area contributed by atoms with Crippen molar-refractivity contribution in [3.05, 3.63) is 53.1 Å². The molecular formula is C19H21FN4O2. The number of nitrogens with zero attached hydrogens (tertiary/aromatic N) is 4. The maximum atomic E-state index is 13.0. The van der Waals surface area contributed by atoms with Crippen molar-refractivity contribution < 1.29 is 13.9 Å². The Hall–Kier alpha value is -2.70. The number of fused-ring (bicyclic) bond motifs is 1. The molecule has 0 spiro atoms. The number of aromatic nitrogens is 2. The third-order valence-corrected chi connectivity index (χ3v) is 4.93. The highest BCUT2D eigenvalue weighted by molar-refractivity contribution is 5.71. The molecule has 2 fully saturated rings. The molecule has 7 heteroatoms. The van der Waals surface area contributed by atoms with Gasteiger partial charge < -0.3 is 9.64 Å². The van der Waals surface area contributed by atoms with Crippen LogP contribution in [0.4, 0.5) is 15.1 Å². The summed E-state index contributed by atoms with van der Waals surface area (Å²) in [4.78, 5) is 25.1. The van der Waals surface area contributed by atoms with Crippen LogP contribution in [0.25, 0.3) is 0 Å². The predicted molar refractivity (Wildman–Crippen MR) is 94.6 cm³/mol. The molecule has 2 aliphatic rings. The molecule has 2 atom stereocenters. The van der Waals surface area contributed by atoms with Crippen molar-refractivity contribution in [2.45, 2.75) is 32.4 Å². The smallest absolute Gasteiger partial charge is 0.410 e. The van der Waals surface area contributed by atoms with Gasteiger partial charge in [-0.05, 0) is 44.0 Å². The summed E-state index contributed by atoms with van der Waals surface area (Å²) < 4.78 is 18.6. The Labute approximate surface area is 151 Å². The molecule has 2 saturated heterocycles. The van der Waals surface area contributed by atoms with Crippen LogP contribution in [0.15, 0.2) is 30.3 Å². The second-order valence-electron chi connectivity index (χ2n) is 6.92. The van der Waals surface area contributed by atoms with Gasteiger partial charge in [-0.25, -0.2) is 19.2 Å². The average molecular weight is 356 g/mol. The predicted octanol–water partition coefficient (Wildman–Crippen LogP) is 2.48. The highest BCUT2D eigenvalue weighted by atomic mass is 19.1. The number of carbonyl (C=O) groups is 1. The highest BCUT2D eigenvalue weighted by Gasteiger charge is 2.48. The minimum atomic E-state index is -0.275. The van der Waals surface area contributed by atoms with Gasteiger partial charge in [0.25, 0.3) is 0 Å². The van der Waals surface area contributed by atoms with Crippen LogP contribution in [0, 0.1) is 19.7 Å². The summed E-state index contributed by atoms with van der Waals surface area (Å²) in [5.74, 6) is 0.431. The highest BCUT2D eigenvalue weighted by Crippen LogP contribution is 2.29. The fourth-order valence-electron chi connectivity index (χ4n) is 3.67. The zero-order chi connectivity index (χ0) is 18.3. The zero-order valence-electron chi connectivity index (χ0n) is 14.9. The Morgan fingerprint density at radius 3 is 2.54 bits per heavy atom. The number of amides is 1. The lowest BCUT2D eigenvalue weighted by Crippen LogP contribution is -2.39. The summed E-state index contributed by atoms with van der Waals surface area (Å²) >= 11 is 0. The number of rotatable bonds is 4. The van der Waals surface area contributed by atoms with E-state index in [1.165, 1.54) is 12.1 Å². The first-order chi connectivity index (χ1) is 12.5. The molecule has 3 heterocycles. The van der Waals surface area contributed by atoms with E-state index in [1.54, 1.807) is 17.0 Å². The van der Waals surface area contributed by atoms with Gasteiger partial charge in [0.05, 0.1) is 12.6 Å². The van der Waals surface area contributed by atoms with Crippen molar-refractivity contribution in [2.75, 3.05) is 24.5 Å². The molecule has 0 saturated carbocycles. The van der Waals surface area contributed by atoms with E-state index in [4.69, 9.17) is 4.74 Å². The van der Waals surface area contributed by atoms with Crippen molar-refractivity contribution >= 4 is 12.0 Å². The lowest BCUT2D eigenvalue weighted by atomic mass is 10.1. The summed E-state index contributed by atoms with van der Waals surface area (Å²) in [7, 11) is 0. The van der Waals surface area contributed by atoms with Gasteiger partial charge in [-0.15, -0.1) is 0 Å². The van der Waals surface area contributed by atoms with Gasteiger partial charge in [-0.1, -0.05) is 12.1 Å². The number of benzene rings is 1. The fourth-order valence-corrected chi connectivity index (χ4v) is 3.67. The van der Waals surface area contributed by atoms with E-state index in [0.717, 1.165) is 17.0 Å². The molecular weight excluding hydrogens is 335 g/mol. The number of carbonyl (C=O) groups excluding carboxylic acids is 1. The molecule has 136 valence electrons. The van der Waals surface area contributed by atoms with E-state index in [-0.39, 0.29) is 24.1 Å². The molecule has 0 N–H and O–H groups in total. The number of hydrogen-bond donors (Lipinski definition) is 0. The number of hydrogen-bond acceptors (Lipinski definition) is 5. The minimum Gasteiger partial charge on any atom is -0.442 e. The van der Waals surface area contributed by atoms with E-state index in [0.29, 0.717) is 32.0 Å². The van der Waals surface area contributed by atoms with E-state index < -0.39 is 0 Å². The van der Waals surface area contributed by atoms with Gasteiger partial charge >= 0.3 is 6.09 Å². The molecule has 6 nitrogen and oxygen atoms in total. The van der Waals surface area contributed by atoms with Gasteiger partial charge in [-0.3, -0.25) is 4.90 Å². The molecule has 2 aliphatic heterocycles. The first kappa shape index (κ1) is 16.8. The zero-order valence-corrected chi connectivity index (χ0v) is 14.9. The summed E-state index contributed by atoms with van der Waals surface area (Å²) in [6, 6.07) is 8.31. The third kappa shape index (κ3) is 3.21. The summed E-state index contributed by atoms with van der Waals surface area (Å²) in [5.41, 5.74) is 2.85. The van der Waals surface area contributed by atoms with E-state index >= 15 is 0 Å². The largest absolute Gasteiger partial charge is 0.442 e. The molecule has 0 bridgehead atoms. The number of halogens is 1. The van der Waals surface area contributed by atoms with Crippen LogP contribution in [0.3, 0.4) is 0 Å². The second-order valence-corrected chi connectivity index (χ2v) is 6.92. The molecule has 26 heavy (non-hydrogen) atoms. The quantitative estimate of drug-likeness (QED) is 0.842. The van der Waals surface area contributed by atoms with Crippen LogP contribution in [0.2, 0.25) is 0 Å². The molecule has 4 rings (SSSR count).